The Bertz CT molecular complexity index is 643. The van der Waals surface area contributed by atoms with E-state index in [0.717, 1.165) is 10.0 Å². The van der Waals surface area contributed by atoms with Crippen LogP contribution in [0.25, 0.3) is 0 Å². The molecule has 0 saturated heterocycles. The molecule has 0 fully saturated rings. The second-order valence-electron chi connectivity index (χ2n) is 4.15. The fourth-order valence-corrected chi connectivity index (χ4v) is 2.18. The topological polar surface area (TPSA) is 55.1 Å². The molecule has 0 aromatic heterocycles. The molecule has 0 unspecified atom stereocenters. The first-order valence-electron chi connectivity index (χ1n) is 5.60. The molecule has 0 radical (unpaired) electrons. The summed E-state index contributed by atoms with van der Waals surface area (Å²) in [5.74, 6) is -0.181. The normalized spacial score (nSPS) is 10.3. The Morgan fingerprint density at radius 3 is 2.68 bits per heavy atom. The summed E-state index contributed by atoms with van der Waals surface area (Å²) in [6.07, 6.45) is 0. The van der Waals surface area contributed by atoms with Crippen LogP contribution in [0.15, 0.2) is 40.9 Å². The average molecular weight is 340 g/mol. The number of nitrogens with one attached hydrogen (secondary N) is 1. The quantitative estimate of drug-likeness (QED) is 0.804. The maximum absolute atomic E-state index is 12.2. The fraction of sp³-hybridized carbons (Fsp3) is 0.0714. The van der Waals surface area contributed by atoms with Crippen LogP contribution in [0.2, 0.25) is 5.02 Å². The van der Waals surface area contributed by atoms with Gasteiger partial charge in [-0.05, 0) is 42.8 Å². The van der Waals surface area contributed by atoms with Crippen LogP contribution in [0, 0.1) is 6.92 Å². The number of rotatable bonds is 2. The van der Waals surface area contributed by atoms with Crippen LogP contribution in [-0.2, 0) is 0 Å². The number of nitrogen functional groups attached to an aromatic ring is 1. The molecule has 0 spiro atoms. The number of hydrogen-bond donors (Lipinski definition) is 2. The van der Waals surface area contributed by atoms with Crippen molar-refractivity contribution in [1.82, 2.24) is 0 Å². The Kier molecular flexibility index (Phi) is 4.12. The van der Waals surface area contributed by atoms with Gasteiger partial charge in [-0.15, -0.1) is 0 Å². The number of benzene rings is 2. The highest BCUT2D eigenvalue weighted by molar-refractivity contribution is 9.10. The van der Waals surface area contributed by atoms with E-state index in [-0.39, 0.29) is 5.91 Å². The minimum absolute atomic E-state index is 0.181. The molecule has 3 N–H and O–H groups in total. The Hall–Kier alpha value is -1.52. The Morgan fingerprint density at radius 2 is 2.00 bits per heavy atom. The van der Waals surface area contributed by atoms with Crippen LogP contribution < -0.4 is 11.1 Å². The molecule has 2 rings (SSSR count). The van der Waals surface area contributed by atoms with Gasteiger partial charge in [0, 0.05) is 15.7 Å². The first-order valence-corrected chi connectivity index (χ1v) is 6.77. The molecule has 98 valence electrons. The van der Waals surface area contributed by atoms with Gasteiger partial charge < -0.3 is 11.1 Å². The number of carbonyl (C=O) groups is 1. The van der Waals surface area contributed by atoms with Crippen LogP contribution in [0.3, 0.4) is 0 Å². The monoisotopic (exact) mass is 338 g/mol. The van der Waals surface area contributed by atoms with Gasteiger partial charge in [0.1, 0.15) is 0 Å². The highest BCUT2D eigenvalue weighted by atomic mass is 79.9. The van der Waals surface area contributed by atoms with Gasteiger partial charge in [0.15, 0.2) is 0 Å². The van der Waals surface area contributed by atoms with E-state index in [1.54, 1.807) is 24.3 Å². The molecule has 2 aromatic carbocycles. The molecule has 0 aliphatic rings. The number of amides is 1. The smallest absolute Gasteiger partial charge is 0.255 e. The van der Waals surface area contributed by atoms with Crippen molar-refractivity contribution < 1.29 is 4.79 Å². The maximum Gasteiger partial charge on any atom is 0.255 e. The summed E-state index contributed by atoms with van der Waals surface area (Å²) < 4.78 is 0.860. The van der Waals surface area contributed by atoms with Gasteiger partial charge in [0.05, 0.1) is 10.7 Å². The Balaban J connectivity index is 2.25. The van der Waals surface area contributed by atoms with E-state index in [0.29, 0.717) is 22.0 Å². The second-order valence-corrected chi connectivity index (χ2v) is 5.47. The number of nitrogens with two attached hydrogens (primary N) is 1. The van der Waals surface area contributed by atoms with E-state index >= 15 is 0 Å². The third kappa shape index (κ3) is 3.28. The Labute approximate surface area is 124 Å². The number of carbonyl (C=O) groups excluding carboxylic acids is 1. The van der Waals surface area contributed by atoms with Crippen molar-refractivity contribution in [3.05, 3.63) is 57.0 Å². The highest BCUT2D eigenvalue weighted by Crippen LogP contribution is 2.23. The number of halogens is 2. The van der Waals surface area contributed by atoms with Gasteiger partial charge in [-0.2, -0.15) is 0 Å². The van der Waals surface area contributed by atoms with Crippen molar-refractivity contribution in [1.29, 1.82) is 0 Å². The van der Waals surface area contributed by atoms with Gasteiger partial charge in [0.2, 0.25) is 0 Å². The lowest BCUT2D eigenvalue weighted by molar-refractivity contribution is 0.102. The van der Waals surface area contributed by atoms with Gasteiger partial charge in [-0.1, -0.05) is 33.6 Å². The number of hydrogen-bond acceptors (Lipinski definition) is 2. The SMILES string of the molecule is Cc1ccc(Br)cc1C(=O)Nc1ccc(N)c(Cl)c1. The number of anilines is 2. The molecule has 3 nitrogen and oxygen atoms in total. The van der Waals surface area contributed by atoms with E-state index in [1.165, 1.54) is 0 Å². The molecule has 19 heavy (non-hydrogen) atoms. The predicted molar refractivity (Wildman–Crippen MR) is 82.7 cm³/mol. The summed E-state index contributed by atoms with van der Waals surface area (Å²) >= 11 is 9.27. The molecule has 0 bridgehead atoms. The standard InChI is InChI=1S/C14H12BrClN2O/c1-8-2-3-9(15)6-11(8)14(19)18-10-4-5-13(17)12(16)7-10/h2-7H,17H2,1H3,(H,18,19). The van der Waals surface area contributed by atoms with E-state index in [9.17, 15) is 4.79 Å². The molecule has 0 heterocycles. The minimum atomic E-state index is -0.181. The lowest BCUT2D eigenvalue weighted by Gasteiger charge is -2.09. The van der Waals surface area contributed by atoms with Gasteiger partial charge in [0.25, 0.3) is 5.91 Å². The largest absolute Gasteiger partial charge is 0.398 e. The predicted octanol–water partition coefficient (Wildman–Crippen LogP) is 4.25. The van der Waals surface area contributed by atoms with Crippen LogP contribution in [0.4, 0.5) is 11.4 Å². The summed E-state index contributed by atoms with van der Waals surface area (Å²) in [5, 5.41) is 3.21. The van der Waals surface area contributed by atoms with Crippen LogP contribution in [0.5, 0.6) is 0 Å². The summed E-state index contributed by atoms with van der Waals surface area (Å²) in [5.41, 5.74) is 8.24. The van der Waals surface area contributed by atoms with Crippen molar-refractivity contribution >= 4 is 44.8 Å². The van der Waals surface area contributed by atoms with Gasteiger partial charge >= 0.3 is 0 Å². The van der Waals surface area contributed by atoms with Gasteiger partial charge in [-0.3, -0.25) is 4.79 Å². The summed E-state index contributed by atoms with van der Waals surface area (Å²) in [6, 6.07) is 10.6. The van der Waals surface area contributed by atoms with E-state index in [1.807, 2.05) is 19.1 Å². The third-order valence-corrected chi connectivity index (χ3v) is 3.52. The first-order chi connectivity index (χ1) is 8.97. The molecule has 5 heteroatoms. The summed E-state index contributed by atoms with van der Waals surface area (Å²) in [4.78, 5) is 12.2. The lowest BCUT2D eigenvalue weighted by atomic mass is 10.1. The minimum Gasteiger partial charge on any atom is -0.398 e. The van der Waals surface area contributed by atoms with Crippen molar-refractivity contribution in [2.24, 2.45) is 0 Å². The average Bonchev–Trinajstić information content (AvgIpc) is 2.36. The lowest BCUT2D eigenvalue weighted by Crippen LogP contribution is -2.13. The fourth-order valence-electron chi connectivity index (χ4n) is 1.64. The van der Waals surface area contributed by atoms with Crippen LogP contribution >= 0.6 is 27.5 Å². The van der Waals surface area contributed by atoms with Crippen LogP contribution in [0.1, 0.15) is 15.9 Å². The molecule has 2 aromatic rings. The van der Waals surface area contributed by atoms with Crippen molar-refractivity contribution in [3.8, 4) is 0 Å². The van der Waals surface area contributed by atoms with Crippen molar-refractivity contribution in [3.63, 3.8) is 0 Å². The Morgan fingerprint density at radius 1 is 1.26 bits per heavy atom. The molecule has 0 aliphatic carbocycles. The van der Waals surface area contributed by atoms with E-state index in [4.69, 9.17) is 17.3 Å². The van der Waals surface area contributed by atoms with E-state index < -0.39 is 0 Å². The molecule has 1 amide bonds. The van der Waals surface area contributed by atoms with E-state index in [2.05, 4.69) is 21.2 Å². The maximum atomic E-state index is 12.2. The highest BCUT2D eigenvalue weighted by Gasteiger charge is 2.10. The summed E-state index contributed by atoms with van der Waals surface area (Å²) in [6.45, 7) is 1.89. The summed E-state index contributed by atoms with van der Waals surface area (Å²) in [7, 11) is 0. The number of aryl methyl sites for hydroxylation is 1. The molecule has 0 aliphatic heterocycles. The van der Waals surface area contributed by atoms with Crippen molar-refractivity contribution in [2.75, 3.05) is 11.1 Å². The second kappa shape index (κ2) is 5.63. The zero-order valence-corrected chi connectivity index (χ0v) is 12.5. The first kappa shape index (κ1) is 13.9. The zero-order valence-electron chi connectivity index (χ0n) is 10.2. The molecule has 0 atom stereocenters. The molecular weight excluding hydrogens is 328 g/mol. The van der Waals surface area contributed by atoms with Crippen LogP contribution in [-0.4, -0.2) is 5.91 Å². The third-order valence-electron chi connectivity index (χ3n) is 2.70. The molecule has 0 saturated carbocycles. The zero-order chi connectivity index (χ0) is 14.0. The van der Waals surface area contributed by atoms with Crippen molar-refractivity contribution in [2.45, 2.75) is 6.92 Å². The molecular formula is C14H12BrClN2O. The van der Waals surface area contributed by atoms with Gasteiger partial charge in [-0.25, -0.2) is 0 Å².